The fraction of sp³-hybridized carbons (Fsp3) is 0.667. The molecule has 16 heavy (non-hydrogen) atoms. The Balaban J connectivity index is 2.77. The van der Waals surface area contributed by atoms with Crippen molar-refractivity contribution >= 4 is 11.5 Å². The number of hydrogen-bond acceptors (Lipinski definition) is 5. The summed E-state index contributed by atoms with van der Waals surface area (Å²) >= 11 is 0. The number of nitrogens with zero attached hydrogens (tertiary/aromatic N) is 3. The first kappa shape index (κ1) is 12.4. The monoisotopic (exact) mass is 228 g/mol. The first-order chi connectivity index (χ1) is 7.35. The molecule has 7 nitrogen and oxygen atoms in total. The molecule has 1 aromatic heterocycles. The van der Waals surface area contributed by atoms with Crippen molar-refractivity contribution in [3.63, 3.8) is 0 Å². The largest absolute Gasteiger partial charge is 0.396 e. The Hall–Kier alpha value is -1.63. The van der Waals surface area contributed by atoms with Crippen LogP contribution in [0.5, 0.6) is 0 Å². The molecule has 0 saturated carbocycles. The molecule has 2 N–H and O–H groups in total. The summed E-state index contributed by atoms with van der Waals surface area (Å²) in [5.41, 5.74) is -0.401. The maximum absolute atomic E-state index is 10.7. The molecule has 0 spiro atoms. The number of aliphatic hydroxyl groups excluding tert-OH is 1. The first-order valence-electron chi connectivity index (χ1n) is 4.88. The maximum atomic E-state index is 10.7. The second kappa shape index (κ2) is 4.48. The predicted octanol–water partition coefficient (Wildman–Crippen LogP) is 0.759. The van der Waals surface area contributed by atoms with Crippen LogP contribution in [0.1, 0.15) is 13.8 Å². The van der Waals surface area contributed by atoms with Crippen molar-refractivity contribution in [1.29, 1.82) is 0 Å². The van der Waals surface area contributed by atoms with Gasteiger partial charge in [-0.3, -0.25) is 14.8 Å². The summed E-state index contributed by atoms with van der Waals surface area (Å²) in [6.45, 7) is 4.13. The predicted molar refractivity (Wildman–Crippen MR) is 59.2 cm³/mol. The number of nitro groups is 1. The first-order valence-corrected chi connectivity index (χ1v) is 4.88. The van der Waals surface area contributed by atoms with Crippen molar-refractivity contribution in [2.24, 2.45) is 12.5 Å². The Labute approximate surface area is 93.2 Å². The van der Waals surface area contributed by atoms with Crippen LogP contribution in [0.2, 0.25) is 0 Å². The van der Waals surface area contributed by atoms with Gasteiger partial charge in [0.05, 0.1) is 4.92 Å². The van der Waals surface area contributed by atoms with Gasteiger partial charge in [-0.25, -0.2) is 0 Å². The summed E-state index contributed by atoms with van der Waals surface area (Å²) < 4.78 is 1.38. The summed E-state index contributed by atoms with van der Waals surface area (Å²) in [5.74, 6) is 0.231. The third kappa shape index (κ3) is 2.93. The van der Waals surface area contributed by atoms with E-state index in [-0.39, 0.29) is 23.5 Å². The second-order valence-corrected chi connectivity index (χ2v) is 4.47. The van der Waals surface area contributed by atoms with E-state index in [0.717, 1.165) is 0 Å². The van der Waals surface area contributed by atoms with Gasteiger partial charge in [0.1, 0.15) is 6.20 Å². The molecule has 0 amide bonds. The maximum Gasteiger partial charge on any atom is 0.330 e. The van der Waals surface area contributed by atoms with Crippen LogP contribution < -0.4 is 5.32 Å². The molecule has 0 fully saturated rings. The molecule has 0 aliphatic heterocycles. The molecule has 0 aliphatic rings. The lowest BCUT2D eigenvalue weighted by atomic mass is 9.95. The van der Waals surface area contributed by atoms with Crippen LogP contribution >= 0.6 is 0 Å². The van der Waals surface area contributed by atoms with Crippen molar-refractivity contribution in [3.8, 4) is 0 Å². The molecule has 90 valence electrons. The van der Waals surface area contributed by atoms with Gasteiger partial charge in [-0.05, 0) is 0 Å². The number of aliphatic hydroxyl groups is 1. The number of hydrogen-bond donors (Lipinski definition) is 2. The molecule has 0 radical (unpaired) electrons. The number of rotatable bonds is 5. The third-order valence-electron chi connectivity index (χ3n) is 2.17. The summed E-state index contributed by atoms with van der Waals surface area (Å²) in [7, 11) is 1.62. The van der Waals surface area contributed by atoms with E-state index in [1.54, 1.807) is 7.05 Å². The number of aromatic nitrogens is 2. The Kier molecular flexibility index (Phi) is 3.48. The van der Waals surface area contributed by atoms with Gasteiger partial charge in [0, 0.05) is 25.6 Å². The topological polar surface area (TPSA) is 93.2 Å². The van der Waals surface area contributed by atoms with Crippen molar-refractivity contribution < 1.29 is 10.0 Å². The molecule has 0 unspecified atom stereocenters. The lowest BCUT2D eigenvalue weighted by Crippen LogP contribution is -2.27. The molecule has 1 heterocycles. The van der Waals surface area contributed by atoms with Crippen molar-refractivity contribution in [2.45, 2.75) is 13.8 Å². The van der Waals surface area contributed by atoms with E-state index in [2.05, 4.69) is 10.4 Å². The van der Waals surface area contributed by atoms with Crippen LogP contribution in [0.25, 0.3) is 0 Å². The number of anilines is 1. The molecule has 7 heteroatoms. The fourth-order valence-electron chi connectivity index (χ4n) is 1.11. The highest BCUT2D eigenvalue weighted by Crippen LogP contribution is 2.23. The highest BCUT2D eigenvalue weighted by atomic mass is 16.6. The highest BCUT2D eigenvalue weighted by Gasteiger charge is 2.22. The average molecular weight is 228 g/mol. The van der Waals surface area contributed by atoms with Gasteiger partial charge in [0.25, 0.3) is 0 Å². The summed E-state index contributed by atoms with van der Waals surface area (Å²) in [4.78, 5) is 10.2. The molecule has 0 aliphatic carbocycles. The zero-order valence-corrected chi connectivity index (χ0v) is 9.60. The van der Waals surface area contributed by atoms with E-state index in [0.29, 0.717) is 6.54 Å². The Morgan fingerprint density at radius 3 is 2.81 bits per heavy atom. The SMILES string of the molecule is Cn1cc([N+](=O)[O-])c(NCC(C)(C)CO)n1. The molecule has 1 rings (SSSR count). The number of nitrogens with one attached hydrogen (secondary N) is 1. The van der Waals surface area contributed by atoms with Crippen molar-refractivity contribution in [3.05, 3.63) is 16.3 Å². The van der Waals surface area contributed by atoms with Crippen LogP contribution in [0, 0.1) is 15.5 Å². The molecule has 0 aromatic carbocycles. The Morgan fingerprint density at radius 2 is 2.31 bits per heavy atom. The van der Waals surface area contributed by atoms with Crippen LogP contribution in [-0.4, -0.2) is 33.0 Å². The van der Waals surface area contributed by atoms with E-state index in [4.69, 9.17) is 5.11 Å². The van der Waals surface area contributed by atoms with E-state index in [9.17, 15) is 10.1 Å². The van der Waals surface area contributed by atoms with Gasteiger partial charge in [0.15, 0.2) is 0 Å². The van der Waals surface area contributed by atoms with E-state index in [1.807, 2.05) is 13.8 Å². The third-order valence-corrected chi connectivity index (χ3v) is 2.17. The molecule has 0 saturated heterocycles. The smallest absolute Gasteiger partial charge is 0.330 e. The quantitative estimate of drug-likeness (QED) is 0.573. The Bertz CT molecular complexity index is 386. The average Bonchev–Trinajstić information content (AvgIpc) is 2.57. The molecule has 0 atom stereocenters. The van der Waals surface area contributed by atoms with E-state index in [1.165, 1.54) is 10.9 Å². The van der Waals surface area contributed by atoms with Crippen LogP contribution in [0.4, 0.5) is 11.5 Å². The van der Waals surface area contributed by atoms with Crippen LogP contribution in [-0.2, 0) is 7.05 Å². The Morgan fingerprint density at radius 1 is 1.69 bits per heavy atom. The van der Waals surface area contributed by atoms with Gasteiger partial charge < -0.3 is 10.4 Å². The minimum atomic E-state index is -0.485. The normalized spacial score (nSPS) is 11.5. The molecular weight excluding hydrogens is 212 g/mol. The highest BCUT2D eigenvalue weighted by molar-refractivity contribution is 5.54. The molecule has 1 aromatic rings. The zero-order chi connectivity index (χ0) is 12.3. The van der Waals surface area contributed by atoms with Gasteiger partial charge >= 0.3 is 5.69 Å². The van der Waals surface area contributed by atoms with Crippen molar-refractivity contribution in [2.75, 3.05) is 18.5 Å². The number of aryl methyl sites for hydroxylation is 1. The van der Waals surface area contributed by atoms with Crippen molar-refractivity contribution in [1.82, 2.24) is 9.78 Å². The van der Waals surface area contributed by atoms with Crippen LogP contribution in [0.3, 0.4) is 0 Å². The van der Waals surface area contributed by atoms with E-state index >= 15 is 0 Å². The summed E-state index contributed by atoms with van der Waals surface area (Å²) in [6.07, 6.45) is 1.34. The lowest BCUT2D eigenvalue weighted by Gasteiger charge is -2.21. The summed E-state index contributed by atoms with van der Waals surface area (Å²) in [5, 5.41) is 26.6. The van der Waals surface area contributed by atoms with Gasteiger partial charge in [-0.15, -0.1) is 5.10 Å². The van der Waals surface area contributed by atoms with Gasteiger partial charge in [0.2, 0.25) is 5.82 Å². The minimum absolute atomic E-state index is 0.000626. The minimum Gasteiger partial charge on any atom is -0.396 e. The lowest BCUT2D eigenvalue weighted by molar-refractivity contribution is -0.384. The standard InChI is InChI=1S/C9H16N4O3/c1-9(2,6-14)5-10-8-7(13(15)16)4-12(3)11-8/h4,14H,5-6H2,1-3H3,(H,10,11). The fourth-order valence-corrected chi connectivity index (χ4v) is 1.11. The zero-order valence-electron chi connectivity index (χ0n) is 9.60. The van der Waals surface area contributed by atoms with Crippen LogP contribution in [0.15, 0.2) is 6.20 Å². The molecular formula is C9H16N4O3. The molecule has 0 bridgehead atoms. The second-order valence-electron chi connectivity index (χ2n) is 4.47. The van der Waals surface area contributed by atoms with E-state index < -0.39 is 4.92 Å². The van der Waals surface area contributed by atoms with Gasteiger partial charge in [-0.2, -0.15) is 0 Å². The summed E-state index contributed by atoms with van der Waals surface area (Å²) in [6, 6.07) is 0. The van der Waals surface area contributed by atoms with Gasteiger partial charge in [-0.1, -0.05) is 13.8 Å².